The fourth-order valence-electron chi connectivity index (χ4n) is 3.93. The third-order valence-electron chi connectivity index (χ3n) is 5.22. The lowest BCUT2D eigenvalue weighted by atomic mass is 9.83. The van der Waals surface area contributed by atoms with E-state index in [-0.39, 0.29) is 11.9 Å². The van der Waals surface area contributed by atoms with Crippen LogP contribution in [0, 0.1) is 0 Å². The zero-order chi connectivity index (χ0) is 17.6. The van der Waals surface area contributed by atoms with Crippen LogP contribution in [0.5, 0.6) is 17.2 Å². The van der Waals surface area contributed by atoms with Crippen molar-refractivity contribution >= 4 is 5.91 Å². The van der Waals surface area contributed by atoms with E-state index in [9.17, 15) is 4.79 Å². The van der Waals surface area contributed by atoms with Gasteiger partial charge >= 0.3 is 0 Å². The van der Waals surface area contributed by atoms with Gasteiger partial charge < -0.3 is 19.1 Å². The van der Waals surface area contributed by atoms with Gasteiger partial charge in [-0.3, -0.25) is 4.79 Å². The Bertz CT molecular complexity index is 846. The number of hydrogen-bond acceptors (Lipinski definition) is 4. The number of carbonyl (C=O) groups excluding carboxylic acids is 1. The average molecular weight is 339 g/mol. The van der Waals surface area contributed by atoms with Gasteiger partial charge in [0.2, 0.25) is 0 Å². The molecule has 0 aromatic heterocycles. The van der Waals surface area contributed by atoms with Gasteiger partial charge in [-0.1, -0.05) is 0 Å². The van der Waals surface area contributed by atoms with Crippen LogP contribution in [0.25, 0.3) is 0 Å². The van der Waals surface area contributed by atoms with E-state index in [1.807, 2.05) is 35.2 Å². The van der Waals surface area contributed by atoms with Crippen LogP contribution in [-0.4, -0.2) is 38.7 Å². The Balaban J connectivity index is 1.81. The second-order valence-electron chi connectivity index (χ2n) is 6.40. The smallest absolute Gasteiger partial charge is 0.254 e. The SMILES string of the molecule is COc1ccc2c(c1)C[C@H]1c3cc(OC)c(OC)cc3CCN1C2=O. The van der Waals surface area contributed by atoms with Crippen LogP contribution >= 0.6 is 0 Å². The highest BCUT2D eigenvalue weighted by atomic mass is 16.5. The number of methoxy groups -OCH3 is 3. The van der Waals surface area contributed by atoms with Crippen molar-refractivity contribution in [3.63, 3.8) is 0 Å². The van der Waals surface area contributed by atoms with Crippen molar-refractivity contribution in [1.29, 1.82) is 0 Å². The summed E-state index contributed by atoms with van der Waals surface area (Å²) in [6.07, 6.45) is 1.60. The van der Waals surface area contributed by atoms with E-state index in [0.29, 0.717) is 5.75 Å². The molecule has 4 rings (SSSR count). The number of nitrogens with zero attached hydrogens (tertiary/aromatic N) is 1. The molecule has 2 heterocycles. The minimum atomic E-state index is 0.0238. The van der Waals surface area contributed by atoms with Crippen LogP contribution < -0.4 is 14.2 Å². The van der Waals surface area contributed by atoms with Gasteiger partial charge in [-0.25, -0.2) is 0 Å². The molecule has 25 heavy (non-hydrogen) atoms. The van der Waals surface area contributed by atoms with Gasteiger partial charge in [0.05, 0.1) is 27.4 Å². The van der Waals surface area contributed by atoms with Crippen molar-refractivity contribution in [3.8, 4) is 17.2 Å². The number of amides is 1. The highest BCUT2D eigenvalue weighted by molar-refractivity contribution is 5.97. The van der Waals surface area contributed by atoms with E-state index in [1.54, 1.807) is 21.3 Å². The largest absolute Gasteiger partial charge is 0.497 e. The molecule has 2 aromatic carbocycles. The fourth-order valence-corrected chi connectivity index (χ4v) is 3.93. The Morgan fingerprint density at radius 1 is 0.960 bits per heavy atom. The number of fused-ring (bicyclic) bond motifs is 4. The molecule has 0 aliphatic carbocycles. The summed E-state index contributed by atoms with van der Waals surface area (Å²) < 4.78 is 16.2. The summed E-state index contributed by atoms with van der Waals surface area (Å²) in [7, 11) is 4.93. The van der Waals surface area contributed by atoms with Crippen LogP contribution in [0.2, 0.25) is 0 Å². The molecule has 130 valence electrons. The maximum atomic E-state index is 13.0. The minimum absolute atomic E-state index is 0.0238. The summed E-state index contributed by atoms with van der Waals surface area (Å²) in [6, 6.07) is 9.77. The molecular weight excluding hydrogens is 318 g/mol. The first kappa shape index (κ1) is 15.8. The maximum absolute atomic E-state index is 13.0. The lowest BCUT2D eigenvalue weighted by molar-refractivity contribution is 0.0631. The average Bonchev–Trinajstić information content (AvgIpc) is 2.66. The number of carbonyl (C=O) groups is 1. The summed E-state index contributed by atoms with van der Waals surface area (Å²) in [5.74, 6) is 2.31. The first-order valence-corrected chi connectivity index (χ1v) is 8.39. The Labute approximate surface area is 147 Å². The highest BCUT2D eigenvalue weighted by Crippen LogP contribution is 2.42. The fraction of sp³-hybridized carbons (Fsp3) is 0.350. The topological polar surface area (TPSA) is 48.0 Å². The van der Waals surface area contributed by atoms with Crippen molar-refractivity contribution in [2.45, 2.75) is 18.9 Å². The molecule has 0 spiro atoms. The van der Waals surface area contributed by atoms with Crippen molar-refractivity contribution in [3.05, 3.63) is 52.6 Å². The van der Waals surface area contributed by atoms with E-state index in [2.05, 4.69) is 0 Å². The molecule has 2 aliphatic rings. The molecule has 5 heteroatoms. The van der Waals surface area contributed by atoms with Crippen molar-refractivity contribution in [1.82, 2.24) is 4.90 Å². The quantitative estimate of drug-likeness (QED) is 0.862. The van der Waals surface area contributed by atoms with E-state index >= 15 is 0 Å². The van der Waals surface area contributed by atoms with Crippen LogP contribution in [0.3, 0.4) is 0 Å². The Morgan fingerprint density at radius 2 is 1.72 bits per heavy atom. The predicted molar refractivity (Wildman–Crippen MR) is 93.7 cm³/mol. The third kappa shape index (κ3) is 2.42. The molecule has 0 fully saturated rings. The monoisotopic (exact) mass is 339 g/mol. The van der Waals surface area contributed by atoms with Crippen molar-refractivity contribution < 1.29 is 19.0 Å². The lowest BCUT2D eigenvalue weighted by Gasteiger charge is -2.41. The highest BCUT2D eigenvalue weighted by Gasteiger charge is 2.37. The molecule has 2 aliphatic heterocycles. The molecule has 0 N–H and O–H groups in total. The second-order valence-corrected chi connectivity index (χ2v) is 6.40. The van der Waals surface area contributed by atoms with Crippen LogP contribution in [0.15, 0.2) is 30.3 Å². The van der Waals surface area contributed by atoms with Crippen LogP contribution in [-0.2, 0) is 12.8 Å². The Hall–Kier alpha value is -2.69. The molecule has 1 atom stereocenters. The van der Waals surface area contributed by atoms with Gasteiger partial charge in [-0.05, 0) is 59.9 Å². The molecular formula is C20H21NO4. The summed E-state index contributed by atoms with van der Waals surface area (Å²) >= 11 is 0. The second kappa shape index (κ2) is 5.99. The summed E-state index contributed by atoms with van der Waals surface area (Å²) in [5.41, 5.74) is 4.18. The first-order chi connectivity index (χ1) is 12.2. The summed E-state index contributed by atoms with van der Waals surface area (Å²) in [5, 5.41) is 0. The molecule has 2 aromatic rings. The zero-order valence-corrected chi connectivity index (χ0v) is 14.7. The molecule has 0 saturated carbocycles. The summed E-state index contributed by atoms with van der Waals surface area (Å²) in [6.45, 7) is 0.720. The minimum Gasteiger partial charge on any atom is -0.497 e. The normalized spacial score (nSPS) is 18.1. The molecule has 0 radical (unpaired) electrons. The number of ether oxygens (including phenoxy) is 3. The van der Waals surface area contributed by atoms with E-state index in [0.717, 1.165) is 47.6 Å². The van der Waals surface area contributed by atoms with E-state index in [1.165, 1.54) is 5.56 Å². The predicted octanol–water partition coefficient (Wildman–Crippen LogP) is 3.01. The molecule has 1 amide bonds. The van der Waals surface area contributed by atoms with Gasteiger partial charge in [-0.2, -0.15) is 0 Å². The van der Waals surface area contributed by atoms with Crippen molar-refractivity contribution in [2.75, 3.05) is 27.9 Å². The summed E-state index contributed by atoms with van der Waals surface area (Å²) in [4.78, 5) is 14.9. The Morgan fingerprint density at radius 3 is 2.44 bits per heavy atom. The zero-order valence-electron chi connectivity index (χ0n) is 14.7. The standard InChI is InChI=1S/C20H21NO4/c1-23-14-4-5-15-13(8-14)9-17-16-11-19(25-3)18(24-2)10-12(16)6-7-21(17)20(15)22/h4-5,8,10-11,17H,6-7,9H2,1-3H3/t17-/m0/s1. The first-order valence-electron chi connectivity index (χ1n) is 8.39. The number of benzene rings is 2. The molecule has 0 saturated heterocycles. The third-order valence-corrected chi connectivity index (χ3v) is 5.22. The van der Waals surface area contributed by atoms with E-state index < -0.39 is 0 Å². The maximum Gasteiger partial charge on any atom is 0.254 e. The van der Waals surface area contributed by atoms with Gasteiger partial charge in [0.25, 0.3) is 5.91 Å². The molecule has 0 bridgehead atoms. The van der Waals surface area contributed by atoms with Crippen LogP contribution in [0.4, 0.5) is 0 Å². The Kier molecular flexibility index (Phi) is 3.79. The van der Waals surface area contributed by atoms with Gasteiger partial charge in [0.15, 0.2) is 11.5 Å². The molecule has 5 nitrogen and oxygen atoms in total. The van der Waals surface area contributed by atoms with Crippen molar-refractivity contribution in [2.24, 2.45) is 0 Å². The van der Waals surface area contributed by atoms with Gasteiger partial charge in [0.1, 0.15) is 5.75 Å². The van der Waals surface area contributed by atoms with Crippen LogP contribution in [0.1, 0.15) is 33.1 Å². The van der Waals surface area contributed by atoms with Gasteiger partial charge in [0, 0.05) is 12.1 Å². The molecule has 0 unspecified atom stereocenters. The van der Waals surface area contributed by atoms with Gasteiger partial charge in [-0.15, -0.1) is 0 Å². The number of rotatable bonds is 3. The number of hydrogen-bond donors (Lipinski definition) is 0. The van der Waals surface area contributed by atoms with E-state index in [4.69, 9.17) is 14.2 Å². The lowest BCUT2D eigenvalue weighted by Crippen LogP contribution is -2.44.